The standard InChI is InChI=1S/C28H31Cl2N3O4S/c1-20(2)17-31-28(35)21(3)32(18-22-9-11-23(29)12-10-22)27(34)19-33(25-7-5-4-6-8-25)38(36,37)26-15-13-24(30)14-16-26/h4-16,20-21H,17-19H2,1-3H3,(H,31,35). The zero-order valence-electron chi connectivity index (χ0n) is 21.5. The molecule has 10 heteroatoms. The van der Waals surface area contributed by atoms with Crippen LogP contribution in [0.5, 0.6) is 0 Å². The van der Waals surface area contributed by atoms with E-state index >= 15 is 0 Å². The Bertz CT molecular complexity index is 1330. The van der Waals surface area contributed by atoms with E-state index in [1.807, 2.05) is 13.8 Å². The largest absolute Gasteiger partial charge is 0.354 e. The van der Waals surface area contributed by atoms with Gasteiger partial charge in [-0.15, -0.1) is 0 Å². The van der Waals surface area contributed by atoms with Gasteiger partial charge in [0, 0.05) is 23.1 Å². The van der Waals surface area contributed by atoms with Crippen molar-refractivity contribution in [3.8, 4) is 0 Å². The van der Waals surface area contributed by atoms with Gasteiger partial charge >= 0.3 is 0 Å². The molecule has 3 aromatic rings. The number of rotatable bonds is 11. The van der Waals surface area contributed by atoms with Crippen LogP contribution in [0.2, 0.25) is 10.0 Å². The lowest BCUT2D eigenvalue weighted by atomic mass is 10.1. The van der Waals surface area contributed by atoms with Gasteiger partial charge in [0.15, 0.2) is 0 Å². The Morgan fingerprint density at radius 2 is 1.39 bits per heavy atom. The van der Waals surface area contributed by atoms with Crippen LogP contribution < -0.4 is 9.62 Å². The molecule has 1 atom stereocenters. The molecular weight excluding hydrogens is 545 g/mol. The van der Waals surface area contributed by atoms with E-state index in [0.717, 1.165) is 9.87 Å². The van der Waals surface area contributed by atoms with Gasteiger partial charge in [-0.05, 0) is 66.9 Å². The fourth-order valence-corrected chi connectivity index (χ4v) is 5.34. The molecule has 0 aliphatic heterocycles. The highest BCUT2D eigenvalue weighted by Crippen LogP contribution is 2.25. The molecule has 0 saturated heterocycles. The third kappa shape index (κ3) is 7.72. The number of para-hydroxylation sites is 1. The van der Waals surface area contributed by atoms with E-state index in [-0.39, 0.29) is 23.3 Å². The first-order chi connectivity index (χ1) is 18.0. The molecule has 0 aromatic heterocycles. The highest BCUT2D eigenvalue weighted by Gasteiger charge is 2.32. The maximum atomic E-state index is 13.8. The minimum Gasteiger partial charge on any atom is -0.354 e. The second kappa shape index (κ2) is 13.1. The Kier molecular flexibility index (Phi) is 10.2. The van der Waals surface area contributed by atoms with E-state index in [4.69, 9.17) is 23.2 Å². The summed E-state index contributed by atoms with van der Waals surface area (Å²) >= 11 is 12.0. The second-order valence-corrected chi connectivity index (χ2v) is 12.0. The summed E-state index contributed by atoms with van der Waals surface area (Å²) in [4.78, 5) is 28.2. The number of hydrogen-bond donors (Lipinski definition) is 1. The van der Waals surface area contributed by atoms with Crippen molar-refractivity contribution in [2.45, 2.75) is 38.3 Å². The van der Waals surface area contributed by atoms with Gasteiger partial charge in [0.1, 0.15) is 12.6 Å². The van der Waals surface area contributed by atoms with Gasteiger partial charge in [-0.3, -0.25) is 13.9 Å². The van der Waals surface area contributed by atoms with Gasteiger partial charge in [-0.2, -0.15) is 0 Å². The number of hydrogen-bond acceptors (Lipinski definition) is 4. The van der Waals surface area contributed by atoms with Gasteiger partial charge in [0.25, 0.3) is 10.0 Å². The van der Waals surface area contributed by atoms with E-state index in [0.29, 0.717) is 22.3 Å². The summed E-state index contributed by atoms with van der Waals surface area (Å²) in [5.41, 5.74) is 1.07. The molecule has 3 rings (SSSR count). The summed E-state index contributed by atoms with van der Waals surface area (Å²) < 4.78 is 28.4. The lowest BCUT2D eigenvalue weighted by molar-refractivity contribution is -0.139. The predicted molar refractivity (Wildman–Crippen MR) is 152 cm³/mol. The normalized spacial score (nSPS) is 12.2. The van der Waals surface area contributed by atoms with Gasteiger partial charge in [0.2, 0.25) is 11.8 Å². The third-order valence-corrected chi connectivity index (χ3v) is 8.13. The molecule has 2 amide bonds. The molecule has 0 heterocycles. The maximum absolute atomic E-state index is 13.8. The van der Waals surface area contributed by atoms with Gasteiger partial charge in [0.05, 0.1) is 10.6 Å². The Labute approximate surface area is 234 Å². The molecule has 0 spiro atoms. The number of anilines is 1. The van der Waals surface area contributed by atoms with Crippen LogP contribution in [0.15, 0.2) is 83.8 Å². The van der Waals surface area contributed by atoms with E-state index in [1.165, 1.54) is 29.2 Å². The van der Waals surface area contributed by atoms with Gasteiger partial charge in [-0.25, -0.2) is 8.42 Å². The smallest absolute Gasteiger partial charge is 0.264 e. The SMILES string of the molecule is CC(C)CNC(=O)C(C)N(Cc1ccc(Cl)cc1)C(=O)CN(c1ccccc1)S(=O)(=O)c1ccc(Cl)cc1. The van der Waals surface area contributed by atoms with Crippen LogP contribution >= 0.6 is 23.2 Å². The average molecular weight is 577 g/mol. The molecule has 1 N–H and O–H groups in total. The Balaban J connectivity index is 1.97. The second-order valence-electron chi connectivity index (χ2n) is 9.26. The summed E-state index contributed by atoms with van der Waals surface area (Å²) in [7, 11) is -4.14. The quantitative estimate of drug-likeness (QED) is 0.332. The summed E-state index contributed by atoms with van der Waals surface area (Å²) in [6, 6.07) is 20.2. The average Bonchev–Trinajstić information content (AvgIpc) is 2.90. The number of carbonyl (C=O) groups is 2. The number of benzene rings is 3. The predicted octanol–water partition coefficient (Wildman–Crippen LogP) is 5.38. The van der Waals surface area contributed by atoms with Crippen LogP contribution in [0.4, 0.5) is 5.69 Å². The van der Waals surface area contributed by atoms with Crippen LogP contribution in [0.1, 0.15) is 26.3 Å². The Morgan fingerprint density at radius 3 is 1.95 bits per heavy atom. The van der Waals surface area contributed by atoms with Crippen molar-refractivity contribution in [2.75, 3.05) is 17.4 Å². The van der Waals surface area contributed by atoms with Crippen molar-refractivity contribution in [1.82, 2.24) is 10.2 Å². The number of nitrogens with one attached hydrogen (secondary N) is 1. The van der Waals surface area contributed by atoms with Crippen molar-refractivity contribution in [1.29, 1.82) is 0 Å². The first kappa shape index (κ1) is 29.5. The van der Waals surface area contributed by atoms with Crippen molar-refractivity contribution < 1.29 is 18.0 Å². The van der Waals surface area contributed by atoms with E-state index < -0.39 is 28.5 Å². The number of halogens is 2. The minimum atomic E-state index is -4.14. The third-order valence-electron chi connectivity index (χ3n) is 5.84. The molecule has 202 valence electrons. The fraction of sp³-hybridized carbons (Fsp3) is 0.286. The van der Waals surface area contributed by atoms with E-state index in [9.17, 15) is 18.0 Å². The minimum absolute atomic E-state index is 0.00877. The Morgan fingerprint density at radius 1 is 0.842 bits per heavy atom. The monoisotopic (exact) mass is 575 g/mol. The molecule has 0 aliphatic rings. The van der Waals surface area contributed by atoms with E-state index in [1.54, 1.807) is 61.5 Å². The van der Waals surface area contributed by atoms with Crippen LogP contribution in [0.3, 0.4) is 0 Å². The molecule has 0 saturated carbocycles. The molecule has 3 aromatic carbocycles. The zero-order chi connectivity index (χ0) is 27.9. The van der Waals surface area contributed by atoms with E-state index in [2.05, 4.69) is 5.32 Å². The fourth-order valence-electron chi connectivity index (χ4n) is 3.68. The summed E-state index contributed by atoms with van der Waals surface area (Å²) in [5, 5.41) is 3.79. The molecule has 1 unspecified atom stereocenters. The first-order valence-corrected chi connectivity index (χ1v) is 14.3. The van der Waals surface area contributed by atoms with Crippen LogP contribution in [-0.4, -0.2) is 44.3 Å². The first-order valence-electron chi connectivity index (χ1n) is 12.1. The topological polar surface area (TPSA) is 86.8 Å². The summed E-state index contributed by atoms with van der Waals surface area (Å²) in [6.45, 7) is 5.61. The number of carbonyl (C=O) groups excluding carboxylic acids is 2. The zero-order valence-corrected chi connectivity index (χ0v) is 23.8. The van der Waals surface area contributed by atoms with Gasteiger partial charge < -0.3 is 10.2 Å². The highest BCUT2D eigenvalue weighted by atomic mass is 35.5. The van der Waals surface area contributed by atoms with Crippen molar-refractivity contribution >= 4 is 50.7 Å². The number of amides is 2. The van der Waals surface area contributed by atoms with Crippen LogP contribution in [-0.2, 0) is 26.2 Å². The molecule has 0 fully saturated rings. The van der Waals surface area contributed by atoms with Crippen molar-refractivity contribution in [3.63, 3.8) is 0 Å². The van der Waals surface area contributed by atoms with Crippen LogP contribution in [0, 0.1) is 5.92 Å². The number of sulfonamides is 1. The number of nitrogens with zero attached hydrogens (tertiary/aromatic N) is 2. The molecule has 0 aliphatic carbocycles. The van der Waals surface area contributed by atoms with Crippen LogP contribution in [0.25, 0.3) is 0 Å². The lowest BCUT2D eigenvalue weighted by Gasteiger charge is -2.32. The Hall–Kier alpha value is -3.07. The molecule has 7 nitrogen and oxygen atoms in total. The summed E-state index contributed by atoms with van der Waals surface area (Å²) in [5.74, 6) is -0.633. The maximum Gasteiger partial charge on any atom is 0.264 e. The molecule has 0 bridgehead atoms. The van der Waals surface area contributed by atoms with Crippen molar-refractivity contribution in [2.24, 2.45) is 5.92 Å². The molecule has 38 heavy (non-hydrogen) atoms. The molecular formula is C28H31Cl2N3O4S. The lowest BCUT2D eigenvalue weighted by Crippen LogP contribution is -2.51. The summed E-state index contributed by atoms with van der Waals surface area (Å²) in [6.07, 6.45) is 0. The van der Waals surface area contributed by atoms with Crippen molar-refractivity contribution in [3.05, 3.63) is 94.5 Å². The van der Waals surface area contributed by atoms with Gasteiger partial charge in [-0.1, -0.05) is 67.4 Å². The molecule has 0 radical (unpaired) electrons. The highest BCUT2D eigenvalue weighted by molar-refractivity contribution is 7.92.